The fourth-order valence-electron chi connectivity index (χ4n) is 2.75. The average molecular weight is 314 g/mol. The second kappa shape index (κ2) is 9.66. The first-order valence-corrected chi connectivity index (χ1v) is 8.19. The van der Waals surface area contributed by atoms with Gasteiger partial charge >= 0.3 is 6.09 Å². The predicted molar refractivity (Wildman–Crippen MR) is 84.6 cm³/mol. The lowest BCUT2D eigenvalue weighted by Gasteiger charge is -2.35. The number of amides is 2. The quantitative estimate of drug-likeness (QED) is 0.721. The number of carbonyl (C=O) groups is 2. The Morgan fingerprint density at radius 1 is 1.36 bits per heavy atom. The number of nitrogens with zero attached hydrogens (tertiary/aromatic N) is 2. The molecule has 1 saturated heterocycles. The Morgan fingerprint density at radius 3 is 2.68 bits per heavy atom. The van der Waals surface area contributed by atoms with E-state index in [1.54, 1.807) is 18.9 Å². The summed E-state index contributed by atoms with van der Waals surface area (Å²) in [6, 6.07) is 0. The zero-order chi connectivity index (χ0) is 16.5. The molecule has 1 unspecified atom stereocenters. The van der Waals surface area contributed by atoms with Gasteiger partial charge in [-0.05, 0) is 25.7 Å². The van der Waals surface area contributed by atoms with Crippen molar-refractivity contribution in [2.75, 3.05) is 46.5 Å². The smallest absolute Gasteiger partial charge is 0.409 e. The lowest BCUT2D eigenvalue weighted by Crippen LogP contribution is -2.48. The van der Waals surface area contributed by atoms with Crippen LogP contribution in [-0.4, -0.2) is 68.3 Å². The normalized spacial score (nSPS) is 18.4. The van der Waals surface area contributed by atoms with Crippen LogP contribution in [0, 0.1) is 11.8 Å². The third kappa shape index (κ3) is 5.83. The average Bonchev–Trinajstić information content (AvgIpc) is 2.50. The molecule has 0 aromatic rings. The van der Waals surface area contributed by atoms with Gasteiger partial charge in [0, 0.05) is 33.3 Å². The highest BCUT2D eigenvalue weighted by molar-refractivity contribution is 5.80. The van der Waals surface area contributed by atoms with E-state index in [0.29, 0.717) is 38.8 Å². The largest absolute Gasteiger partial charge is 0.450 e. The van der Waals surface area contributed by atoms with Crippen molar-refractivity contribution in [1.82, 2.24) is 9.80 Å². The van der Waals surface area contributed by atoms with Crippen LogP contribution in [-0.2, 0) is 14.3 Å². The molecular weight excluding hydrogens is 284 g/mol. The summed E-state index contributed by atoms with van der Waals surface area (Å²) in [6.45, 7) is 9.33. The van der Waals surface area contributed by atoms with Crippen molar-refractivity contribution in [3.63, 3.8) is 0 Å². The third-order valence-electron chi connectivity index (χ3n) is 3.76. The highest BCUT2D eigenvalue weighted by Crippen LogP contribution is 2.20. The topological polar surface area (TPSA) is 59.1 Å². The number of rotatable bonds is 7. The molecular formula is C16H30N2O4. The minimum absolute atomic E-state index is 0.125. The fraction of sp³-hybridized carbons (Fsp3) is 0.875. The minimum Gasteiger partial charge on any atom is -0.450 e. The molecule has 0 bridgehead atoms. The van der Waals surface area contributed by atoms with Crippen molar-refractivity contribution in [3.8, 4) is 0 Å². The Balaban J connectivity index is 2.65. The molecule has 1 heterocycles. The van der Waals surface area contributed by atoms with Gasteiger partial charge < -0.3 is 19.3 Å². The summed E-state index contributed by atoms with van der Waals surface area (Å²) in [5.74, 6) is 0.402. The molecule has 0 aromatic heterocycles. The molecule has 1 rings (SSSR count). The molecule has 1 atom stereocenters. The summed E-state index contributed by atoms with van der Waals surface area (Å²) in [5.41, 5.74) is 0. The summed E-state index contributed by atoms with van der Waals surface area (Å²) in [6.07, 6.45) is 1.36. The maximum absolute atomic E-state index is 12.8. The molecule has 1 fully saturated rings. The van der Waals surface area contributed by atoms with Gasteiger partial charge in [-0.3, -0.25) is 4.79 Å². The van der Waals surface area contributed by atoms with E-state index in [1.807, 2.05) is 4.90 Å². The van der Waals surface area contributed by atoms with Crippen LogP contribution < -0.4 is 0 Å². The van der Waals surface area contributed by atoms with Crippen LogP contribution in [0.5, 0.6) is 0 Å². The van der Waals surface area contributed by atoms with Gasteiger partial charge in [-0.25, -0.2) is 4.79 Å². The second-order valence-corrected chi connectivity index (χ2v) is 6.15. The molecule has 0 aliphatic carbocycles. The first kappa shape index (κ1) is 18.7. The SMILES string of the molecule is CCOC(=O)N1CCCC(C(=O)N(CCOC)CC(C)C)C1. The third-order valence-corrected chi connectivity index (χ3v) is 3.76. The lowest BCUT2D eigenvalue weighted by molar-refractivity contribution is -0.138. The molecule has 0 N–H and O–H groups in total. The second-order valence-electron chi connectivity index (χ2n) is 6.15. The molecule has 2 amide bonds. The standard InChI is InChI=1S/C16H30N2O4/c1-5-22-16(20)18-8-6-7-14(12-18)15(19)17(9-10-21-4)11-13(2)3/h13-14H,5-12H2,1-4H3. The monoisotopic (exact) mass is 314 g/mol. The Kier molecular flexibility index (Phi) is 8.24. The van der Waals surface area contributed by atoms with Crippen molar-refractivity contribution in [2.45, 2.75) is 33.6 Å². The number of piperidine rings is 1. The molecule has 0 aromatic carbocycles. The van der Waals surface area contributed by atoms with Crippen LogP contribution in [0.2, 0.25) is 0 Å². The van der Waals surface area contributed by atoms with Gasteiger partial charge in [0.2, 0.25) is 5.91 Å². The summed E-state index contributed by atoms with van der Waals surface area (Å²) in [4.78, 5) is 28.1. The van der Waals surface area contributed by atoms with E-state index in [2.05, 4.69) is 13.8 Å². The van der Waals surface area contributed by atoms with E-state index in [0.717, 1.165) is 19.4 Å². The number of likely N-dealkylation sites (tertiary alicyclic amines) is 1. The van der Waals surface area contributed by atoms with Crippen LogP contribution in [0.1, 0.15) is 33.6 Å². The number of methoxy groups -OCH3 is 1. The molecule has 6 nitrogen and oxygen atoms in total. The Bertz CT molecular complexity index is 360. The number of ether oxygens (including phenoxy) is 2. The van der Waals surface area contributed by atoms with Crippen LogP contribution in [0.15, 0.2) is 0 Å². The first-order chi connectivity index (χ1) is 10.5. The van der Waals surface area contributed by atoms with Crippen molar-refractivity contribution in [2.24, 2.45) is 11.8 Å². The molecule has 1 aliphatic heterocycles. The summed E-state index contributed by atoms with van der Waals surface area (Å²) >= 11 is 0. The maximum atomic E-state index is 12.8. The number of carbonyl (C=O) groups excluding carboxylic acids is 2. The number of hydrogen-bond donors (Lipinski definition) is 0. The van der Waals surface area contributed by atoms with E-state index in [1.165, 1.54) is 0 Å². The summed E-state index contributed by atoms with van der Waals surface area (Å²) < 4.78 is 10.1. The molecule has 0 saturated carbocycles. The Morgan fingerprint density at radius 2 is 2.09 bits per heavy atom. The first-order valence-electron chi connectivity index (χ1n) is 8.19. The van der Waals surface area contributed by atoms with E-state index < -0.39 is 0 Å². The summed E-state index contributed by atoms with van der Waals surface area (Å²) in [7, 11) is 1.64. The van der Waals surface area contributed by atoms with Gasteiger partial charge in [-0.2, -0.15) is 0 Å². The molecule has 0 radical (unpaired) electrons. The van der Waals surface area contributed by atoms with Gasteiger partial charge in [0.15, 0.2) is 0 Å². The van der Waals surface area contributed by atoms with Crippen molar-refractivity contribution < 1.29 is 19.1 Å². The van der Waals surface area contributed by atoms with Gasteiger partial charge in [-0.1, -0.05) is 13.8 Å². The molecule has 6 heteroatoms. The van der Waals surface area contributed by atoms with E-state index in [4.69, 9.17) is 9.47 Å². The van der Waals surface area contributed by atoms with E-state index in [-0.39, 0.29) is 17.9 Å². The Labute approximate surface area is 133 Å². The van der Waals surface area contributed by atoms with E-state index >= 15 is 0 Å². The molecule has 22 heavy (non-hydrogen) atoms. The van der Waals surface area contributed by atoms with Gasteiger partial charge in [-0.15, -0.1) is 0 Å². The highest BCUT2D eigenvalue weighted by atomic mass is 16.6. The molecule has 1 aliphatic rings. The van der Waals surface area contributed by atoms with Crippen molar-refractivity contribution in [3.05, 3.63) is 0 Å². The predicted octanol–water partition coefficient (Wildman–Crippen LogP) is 1.99. The lowest BCUT2D eigenvalue weighted by atomic mass is 9.96. The highest BCUT2D eigenvalue weighted by Gasteiger charge is 2.31. The maximum Gasteiger partial charge on any atom is 0.409 e. The minimum atomic E-state index is -0.313. The molecule has 128 valence electrons. The van der Waals surface area contributed by atoms with E-state index in [9.17, 15) is 9.59 Å². The van der Waals surface area contributed by atoms with Crippen LogP contribution >= 0.6 is 0 Å². The number of hydrogen-bond acceptors (Lipinski definition) is 4. The summed E-state index contributed by atoms with van der Waals surface area (Å²) in [5, 5.41) is 0. The van der Waals surface area contributed by atoms with Crippen LogP contribution in [0.4, 0.5) is 4.79 Å². The van der Waals surface area contributed by atoms with Gasteiger partial charge in [0.1, 0.15) is 0 Å². The van der Waals surface area contributed by atoms with Crippen LogP contribution in [0.25, 0.3) is 0 Å². The molecule has 0 spiro atoms. The zero-order valence-corrected chi connectivity index (χ0v) is 14.3. The van der Waals surface area contributed by atoms with Crippen molar-refractivity contribution >= 4 is 12.0 Å². The fourth-order valence-corrected chi connectivity index (χ4v) is 2.75. The van der Waals surface area contributed by atoms with Crippen LogP contribution in [0.3, 0.4) is 0 Å². The van der Waals surface area contributed by atoms with Crippen molar-refractivity contribution in [1.29, 1.82) is 0 Å². The van der Waals surface area contributed by atoms with Gasteiger partial charge in [0.05, 0.1) is 19.1 Å². The zero-order valence-electron chi connectivity index (χ0n) is 14.3. The Hall–Kier alpha value is -1.30. The van der Waals surface area contributed by atoms with Gasteiger partial charge in [0.25, 0.3) is 0 Å².